The van der Waals surface area contributed by atoms with E-state index in [1.165, 1.54) is 6.07 Å². The van der Waals surface area contributed by atoms with Gasteiger partial charge in [0.05, 0.1) is 10.8 Å². The third-order valence-corrected chi connectivity index (χ3v) is 3.78. The summed E-state index contributed by atoms with van der Waals surface area (Å²) >= 11 is 0. The number of pyridine rings is 1. The average molecular weight is 279 g/mol. The van der Waals surface area contributed by atoms with Crippen molar-refractivity contribution >= 4 is 17.5 Å². The number of nitrogens with one attached hydrogen (secondary N) is 1. The molecule has 1 aliphatic rings. The van der Waals surface area contributed by atoms with Crippen LogP contribution in [0.25, 0.3) is 0 Å². The smallest absolute Gasteiger partial charge is 0.306 e. The number of aryl methyl sites for hydroxylation is 1. The number of nitrogens with zero attached hydrogens (tertiary/aromatic N) is 2. The maximum atomic E-state index is 11.1. The quantitative estimate of drug-likeness (QED) is 0.632. The highest BCUT2D eigenvalue weighted by molar-refractivity contribution is 5.70. The zero-order valence-electron chi connectivity index (χ0n) is 11.2. The lowest BCUT2D eigenvalue weighted by molar-refractivity contribution is -0.385. The number of nitro groups is 1. The third kappa shape index (κ3) is 3.04. The van der Waals surface area contributed by atoms with Crippen LogP contribution in [0.2, 0.25) is 0 Å². The van der Waals surface area contributed by atoms with Crippen molar-refractivity contribution in [3.63, 3.8) is 0 Å². The van der Waals surface area contributed by atoms with Gasteiger partial charge in [0.2, 0.25) is 0 Å². The first-order valence-corrected chi connectivity index (χ1v) is 6.57. The number of aromatic nitrogens is 1. The normalized spacial score (nSPS) is 21.6. The number of carboxylic acids is 1. The number of hydrogen-bond acceptors (Lipinski definition) is 5. The van der Waals surface area contributed by atoms with Crippen molar-refractivity contribution in [3.05, 3.63) is 27.9 Å². The first-order chi connectivity index (χ1) is 9.49. The summed E-state index contributed by atoms with van der Waals surface area (Å²) in [5.41, 5.74) is 0.334. The molecule has 0 bridgehead atoms. The van der Waals surface area contributed by atoms with Crippen molar-refractivity contribution in [1.82, 2.24) is 4.98 Å². The van der Waals surface area contributed by atoms with Gasteiger partial charge in [0.15, 0.2) is 0 Å². The second-order valence-electron chi connectivity index (χ2n) is 5.07. The van der Waals surface area contributed by atoms with Gasteiger partial charge in [-0.3, -0.25) is 14.9 Å². The Balaban J connectivity index is 1.99. The number of rotatable bonds is 5. The monoisotopic (exact) mass is 279 g/mol. The first kappa shape index (κ1) is 14.2. The molecule has 1 heterocycles. The standard InChI is InChI=1S/C13H17N3O4/c1-8-11(16(19)20)5-6-12(15-8)14-7-9-3-2-4-10(9)13(17)18/h5-6,9-10H,2-4,7H2,1H3,(H,14,15)(H,17,18). The molecule has 1 aliphatic carbocycles. The molecule has 0 spiro atoms. The molecule has 0 aromatic carbocycles. The lowest BCUT2D eigenvalue weighted by atomic mass is 9.96. The van der Waals surface area contributed by atoms with E-state index in [0.717, 1.165) is 12.8 Å². The Labute approximate surface area is 116 Å². The van der Waals surface area contributed by atoms with Gasteiger partial charge in [-0.1, -0.05) is 6.42 Å². The van der Waals surface area contributed by atoms with Crippen LogP contribution in [0.3, 0.4) is 0 Å². The minimum Gasteiger partial charge on any atom is -0.481 e. The van der Waals surface area contributed by atoms with E-state index in [1.807, 2.05) is 0 Å². The molecular weight excluding hydrogens is 262 g/mol. The number of aliphatic carboxylic acids is 1. The van der Waals surface area contributed by atoms with E-state index in [-0.39, 0.29) is 17.5 Å². The maximum Gasteiger partial charge on any atom is 0.306 e. The van der Waals surface area contributed by atoms with Crippen LogP contribution in [0.1, 0.15) is 25.0 Å². The summed E-state index contributed by atoms with van der Waals surface area (Å²) in [4.78, 5) is 25.4. The van der Waals surface area contributed by atoms with Crippen LogP contribution in [0, 0.1) is 28.9 Å². The average Bonchev–Trinajstić information content (AvgIpc) is 2.84. The van der Waals surface area contributed by atoms with Gasteiger partial charge in [0, 0.05) is 12.6 Å². The Morgan fingerprint density at radius 2 is 2.30 bits per heavy atom. The fourth-order valence-electron chi connectivity index (χ4n) is 2.69. The van der Waals surface area contributed by atoms with Crippen molar-refractivity contribution in [2.45, 2.75) is 26.2 Å². The van der Waals surface area contributed by atoms with E-state index in [9.17, 15) is 14.9 Å². The molecule has 2 atom stereocenters. The Morgan fingerprint density at radius 3 is 2.90 bits per heavy atom. The highest BCUT2D eigenvalue weighted by atomic mass is 16.6. The number of carboxylic acid groups (broad SMARTS) is 1. The molecule has 2 unspecified atom stereocenters. The molecule has 7 heteroatoms. The fourth-order valence-corrected chi connectivity index (χ4v) is 2.69. The van der Waals surface area contributed by atoms with Gasteiger partial charge in [0.25, 0.3) is 5.69 Å². The Kier molecular flexibility index (Phi) is 4.16. The summed E-state index contributed by atoms with van der Waals surface area (Å²) in [6.07, 6.45) is 2.53. The van der Waals surface area contributed by atoms with E-state index < -0.39 is 10.9 Å². The fraction of sp³-hybridized carbons (Fsp3) is 0.538. The van der Waals surface area contributed by atoms with Crippen molar-refractivity contribution in [2.24, 2.45) is 11.8 Å². The van der Waals surface area contributed by atoms with Crippen LogP contribution in [0.5, 0.6) is 0 Å². The molecule has 1 aromatic rings. The van der Waals surface area contributed by atoms with Crippen LogP contribution in [0.15, 0.2) is 12.1 Å². The van der Waals surface area contributed by atoms with Gasteiger partial charge in [-0.2, -0.15) is 0 Å². The zero-order chi connectivity index (χ0) is 14.7. The highest BCUT2D eigenvalue weighted by Crippen LogP contribution is 2.32. The Morgan fingerprint density at radius 1 is 1.55 bits per heavy atom. The molecule has 108 valence electrons. The summed E-state index contributed by atoms with van der Waals surface area (Å²) in [7, 11) is 0. The van der Waals surface area contributed by atoms with Crippen LogP contribution < -0.4 is 5.32 Å². The SMILES string of the molecule is Cc1nc(NCC2CCCC2C(=O)O)ccc1[N+](=O)[O-]. The molecule has 2 rings (SSSR count). The summed E-state index contributed by atoms with van der Waals surface area (Å²) in [5, 5.41) is 22.9. The van der Waals surface area contributed by atoms with E-state index >= 15 is 0 Å². The van der Waals surface area contributed by atoms with Crippen molar-refractivity contribution in [2.75, 3.05) is 11.9 Å². The largest absolute Gasteiger partial charge is 0.481 e. The lowest BCUT2D eigenvalue weighted by Crippen LogP contribution is -2.24. The molecule has 0 aliphatic heterocycles. The van der Waals surface area contributed by atoms with Gasteiger partial charge in [-0.15, -0.1) is 0 Å². The van der Waals surface area contributed by atoms with Gasteiger partial charge >= 0.3 is 5.97 Å². The molecule has 1 aromatic heterocycles. The van der Waals surface area contributed by atoms with Crippen LogP contribution in [-0.4, -0.2) is 27.5 Å². The highest BCUT2D eigenvalue weighted by Gasteiger charge is 2.32. The predicted molar refractivity (Wildman–Crippen MR) is 72.6 cm³/mol. The second kappa shape index (κ2) is 5.85. The molecule has 20 heavy (non-hydrogen) atoms. The summed E-state index contributed by atoms with van der Waals surface area (Å²) in [6, 6.07) is 2.96. The number of anilines is 1. The molecule has 7 nitrogen and oxygen atoms in total. The van der Waals surface area contributed by atoms with Crippen molar-refractivity contribution < 1.29 is 14.8 Å². The van der Waals surface area contributed by atoms with Gasteiger partial charge in [-0.05, 0) is 31.7 Å². The van der Waals surface area contributed by atoms with Crippen LogP contribution in [0.4, 0.5) is 11.5 Å². The van der Waals surface area contributed by atoms with Gasteiger partial charge in [0.1, 0.15) is 11.5 Å². The summed E-state index contributed by atoms with van der Waals surface area (Å²) in [5.74, 6) is -0.419. The molecule has 0 amide bonds. The minimum absolute atomic E-state index is 0.0140. The molecule has 0 saturated heterocycles. The maximum absolute atomic E-state index is 11.1. The molecule has 2 N–H and O–H groups in total. The zero-order valence-corrected chi connectivity index (χ0v) is 11.2. The molecular formula is C13H17N3O4. The lowest BCUT2D eigenvalue weighted by Gasteiger charge is -2.16. The third-order valence-electron chi connectivity index (χ3n) is 3.78. The second-order valence-corrected chi connectivity index (χ2v) is 5.07. The molecule has 0 radical (unpaired) electrons. The van der Waals surface area contributed by atoms with Crippen LogP contribution in [-0.2, 0) is 4.79 Å². The van der Waals surface area contributed by atoms with E-state index in [2.05, 4.69) is 10.3 Å². The van der Waals surface area contributed by atoms with E-state index in [4.69, 9.17) is 5.11 Å². The predicted octanol–water partition coefficient (Wildman–Crippen LogP) is 2.21. The number of carbonyl (C=O) groups is 1. The molecule has 1 saturated carbocycles. The summed E-state index contributed by atoms with van der Waals surface area (Å²) in [6.45, 7) is 2.11. The molecule has 1 fully saturated rings. The Bertz CT molecular complexity index is 532. The van der Waals surface area contributed by atoms with Crippen LogP contribution >= 0.6 is 0 Å². The van der Waals surface area contributed by atoms with E-state index in [1.54, 1.807) is 13.0 Å². The first-order valence-electron chi connectivity index (χ1n) is 6.57. The van der Waals surface area contributed by atoms with Crippen molar-refractivity contribution in [3.8, 4) is 0 Å². The van der Waals surface area contributed by atoms with E-state index in [0.29, 0.717) is 24.5 Å². The topological polar surface area (TPSA) is 105 Å². The minimum atomic E-state index is -0.748. The number of hydrogen-bond donors (Lipinski definition) is 2. The van der Waals surface area contributed by atoms with Gasteiger partial charge in [-0.25, -0.2) is 4.98 Å². The summed E-state index contributed by atoms with van der Waals surface area (Å²) < 4.78 is 0. The van der Waals surface area contributed by atoms with Gasteiger partial charge < -0.3 is 10.4 Å². The van der Waals surface area contributed by atoms with Crippen molar-refractivity contribution in [1.29, 1.82) is 0 Å². The Hall–Kier alpha value is -2.18.